The first-order valence-electron chi connectivity index (χ1n) is 3.97. The molecule has 3 heteroatoms. The van der Waals surface area contributed by atoms with Crippen molar-refractivity contribution in [1.82, 2.24) is 0 Å². The molecule has 1 aliphatic heterocycles. The molecule has 0 saturated carbocycles. The van der Waals surface area contributed by atoms with Crippen LogP contribution >= 0.6 is 11.8 Å². The zero-order chi connectivity index (χ0) is 8.55. The summed E-state index contributed by atoms with van der Waals surface area (Å²) in [5.41, 5.74) is 1.21. The van der Waals surface area contributed by atoms with Crippen molar-refractivity contribution < 1.29 is 9.21 Å². The molecule has 2 rings (SSSR count). The van der Waals surface area contributed by atoms with Crippen molar-refractivity contribution in [3.8, 4) is 0 Å². The second-order valence-electron chi connectivity index (χ2n) is 2.92. The Hall–Kier alpha value is -0.700. The van der Waals surface area contributed by atoms with E-state index in [4.69, 9.17) is 4.42 Å². The first-order chi connectivity index (χ1) is 5.77. The summed E-state index contributed by atoms with van der Waals surface area (Å²) in [5, 5.41) is 0. The highest BCUT2D eigenvalue weighted by Gasteiger charge is 2.16. The first kappa shape index (κ1) is 7.92. The van der Waals surface area contributed by atoms with Gasteiger partial charge in [-0.1, -0.05) is 0 Å². The van der Waals surface area contributed by atoms with Gasteiger partial charge in [0.15, 0.2) is 11.5 Å². The van der Waals surface area contributed by atoms with E-state index in [-0.39, 0.29) is 5.78 Å². The van der Waals surface area contributed by atoms with Gasteiger partial charge in [-0.05, 0) is 6.07 Å². The number of Topliss-reactive ketones (excluding diaryl/α,β-unsaturated/α-hetero) is 1. The third-order valence-electron chi connectivity index (χ3n) is 1.97. The first-order valence-corrected chi connectivity index (χ1v) is 5.13. The number of carbonyl (C=O) groups excluding carboxylic acids is 1. The Kier molecular flexibility index (Phi) is 1.97. The summed E-state index contributed by atoms with van der Waals surface area (Å²) in [6.45, 7) is 1.54. The molecule has 64 valence electrons. The second-order valence-corrected chi connectivity index (χ2v) is 4.02. The van der Waals surface area contributed by atoms with Gasteiger partial charge in [-0.3, -0.25) is 4.79 Å². The maximum atomic E-state index is 11.0. The Bertz CT molecular complexity index is 291. The normalized spacial score (nSPS) is 15.8. The van der Waals surface area contributed by atoms with Gasteiger partial charge in [-0.15, -0.1) is 0 Å². The molecule has 0 N–H and O–H groups in total. The molecule has 0 saturated heterocycles. The van der Waals surface area contributed by atoms with Crippen LogP contribution in [0, 0.1) is 0 Å². The number of thioether (sulfide) groups is 1. The van der Waals surface area contributed by atoms with Crippen LogP contribution < -0.4 is 0 Å². The summed E-state index contributed by atoms with van der Waals surface area (Å²) in [7, 11) is 0. The fourth-order valence-corrected chi connectivity index (χ4v) is 2.26. The zero-order valence-corrected chi connectivity index (χ0v) is 7.74. The van der Waals surface area contributed by atoms with Crippen LogP contribution in [0.3, 0.4) is 0 Å². The summed E-state index contributed by atoms with van der Waals surface area (Å²) in [5.74, 6) is 3.65. The third-order valence-corrected chi connectivity index (χ3v) is 2.98. The molecule has 2 heterocycles. The topological polar surface area (TPSA) is 30.2 Å². The summed E-state index contributed by atoms with van der Waals surface area (Å²) < 4.78 is 5.40. The Morgan fingerprint density at radius 2 is 2.50 bits per heavy atom. The molecule has 0 fully saturated rings. The Morgan fingerprint density at radius 3 is 3.17 bits per heavy atom. The van der Waals surface area contributed by atoms with Crippen molar-refractivity contribution >= 4 is 17.5 Å². The maximum Gasteiger partial charge on any atom is 0.194 e. The van der Waals surface area contributed by atoms with Gasteiger partial charge in [0.05, 0.1) is 0 Å². The van der Waals surface area contributed by atoms with Gasteiger partial charge >= 0.3 is 0 Å². The van der Waals surface area contributed by atoms with Gasteiger partial charge < -0.3 is 4.42 Å². The minimum atomic E-state index is 0.0226. The minimum Gasteiger partial charge on any atom is -0.458 e. The van der Waals surface area contributed by atoms with Crippen molar-refractivity contribution in [3.05, 3.63) is 23.2 Å². The van der Waals surface area contributed by atoms with Crippen LogP contribution in [0.5, 0.6) is 0 Å². The molecule has 0 aromatic carbocycles. The van der Waals surface area contributed by atoms with Crippen molar-refractivity contribution in [2.75, 3.05) is 5.75 Å². The van der Waals surface area contributed by atoms with E-state index >= 15 is 0 Å². The zero-order valence-electron chi connectivity index (χ0n) is 6.92. The SMILES string of the molecule is CC(=O)c1cc2c(o1)CCSC2. The number of rotatable bonds is 1. The van der Waals surface area contributed by atoms with Crippen molar-refractivity contribution in [2.45, 2.75) is 19.1 Å². The van der Waals surface area contributed by atoms with E-state index in [0.29, 0.717) is 5.76 Å². The van der Waals surface area contributed by atoms with Crippen LogP contribution in [0.15, 0.2) is 10.5 Å². The fourth-order valence-electron chi connectivity index (χ4n) is 1.32. The lowest BCUT2D eigenvalue weighted by atomic mass is 10.2. The lowest BCUT2D eigenvalue weighted by Gasteiger charge is -2.07. The molecule has 12 heavy (non-hydrogen) atoms. The quantitative estimate of drug-likeness (QED) is 0.624. The largest absolute Gasteiger partial charge is 0.458 e. The van der Waals surface area contributed by atoms with Gasteiger partial charge in [-0.25, -0.2) is 0 Å². The molecule has 0 amide bonds. The Balaban J connectivity index is 2.38. The average molecular weight is 182 g/mol. The number of carbonyl (C=O) groups is 1. The lowest BCUT2D eigenvalue weighted by Crippen LogP contribution is -1.97. The maximum absolute atomic E-state index is 11.0. The van der Waals surface area contributed by atoms with E-state index in [1.54, 1.807) is 0 Å². The van der Waals surface area contributed by atoms with Crippen LogP contribution in [0.2, 0.25) is 0 Å². The van der Waals surface area contributed by atoms with Crippen LogP contribution in [-0.2, 0) is 12.2 Å². The highest BCUT2D eigenvalue weighted by Crippen LogP contribution is 2.27. The highest BCUT2D eigenvalue weighted by molar-refractivity contribution is 7.98. The predicted octanol–water partition coefficient (Wildman–Crippen LogP) is 2.27. The summed E-state index contributed by atoms with van der Waals surface area (Å²) >= 11 is 1.89. The molecule has 0 unspecified atom stereocenters. The number of hydrogen-bond acceptors (Lipinski definition) is 3. The summed E-state index contributed by atoms with van der Waals surface area (Å²) in [6, 6.07) is 1.88. The van der Waals surface area contributed by atoms with Crippen molar-refractivity contribution in [2.24, 2.45) is 0 Å². The van der Waals surface area contributed by atoms with Crippen molar-refractivity contribution in [1.29, 1.82) is 0 Å². The fraction of sp³-hybridized carbons (Fsp3) is 0.444. The van der Waals surface area contributed by atoms with Crippen LogP contribution in [0.25, 0.3) is 0 Å². The minimum absolute atomic E-state index is 0.0226. The van der Waals surface area contributed by atoms with Crippen LogP contribution in [0.1, 0.15) is 28.8 Å². The molecule has 0 spiro atoms. The number of furan rings is 1. The molecule has 0 atom stereocenters. The number of ketones is 1. The molecule has 2 nitrogen and oxygen atoms in total. The molecular weight excluding hydrogens is 172 g/mol. The van der Waals surface area contributed by atoms with E-state index in [1.807, 2.05) is 17.8 Å². The Labute approximate surface area is 75.3 Å². The van der Waals surface area contributed by atoms with E-state index in [0.717, 1.165) is 23.7 Å². The predicted molar refractivity (Wildman–Crippen MR) is 48.6 cm³/mol. The monoisotopic (exact) mass is 182 g/mol. The Morgan fingerprint density at radius 1 is 1.67 bits per heavy atom. The van der Waals surface area contributed by atoms with Crippen LogP contribution in [-0.4, -0.2) is 11.5 Å². The molecule has 0 bridgehead atoms. The number of hydrogen-bond donors (Lipinski definition) is 0. The summed E-state index contributed by atoms with van der Waals surface area (Å²) in [6.07, 6.45) is 0.966. The molecular formula is C9H10O2S. The van der Waals surface area contributed by atoms with Gasteiger partial charge in [0.1, 0.15) is 5.76 Å². The van der Waals surface area contributed by atoms with Gasteiger partial charge in [0.25, 0.3) is 0 Å². The second kappa shape index (κ2) is 2.98. The third kappa shape index (κ3) is 1.29. The summed E-state index contributed by atoms with van der Waals surface area (Å²) in [4.78, 5) is 11.0. The van der Waals surface area contributed by atoms with Gasteiger partial charge in [0.2, 0.25) is 0 Å². The standard InChI is InChI=1S/C9H10O2S/c1-6(10)9-4-7-5-12-3-2-8(7)11-9/h4H,2-3,5H2,1H3. The van der Waals surface area contributed by atoms with E-state index < -0.39 is 0 Å². The van der Waals surface area contributed by atoms with Crippen molar-refractivity contribution in [3.63, 3.8) is 0 Å². The van der Waals surface area contributed by atoms with E-state index in [2.05, 4.69) is 0 Å². The molecule has 1 aromatic heterocycles. The van der Waals surface area contributed by atoms with Gasteiger partial charge in [0, 0.05) is 30.4 Å². The van der Waals surface area contributed by atoms with E-state index in [1.165, 1.54) is 12.5 Å². The van der Waals surface area contributed by atoms with Gasteiger partial charge in [-0.2, -0.15) is 11.8 Å². The smallest absolute Gasteiger partial charge is 0.194 e. The lowest BCUT2D eigenvalue weighted by molar-refractivity contribution is 0.0985. The number of fused-ring (bicyclic) bond motifs is 1. The molecule has 1 aliphatic rings. The van der Waals surface area contributed by atoms with Crippen LogP contribution in [0.4, 0.5) is 0 Å². The molecule has 0 radical (unpaired) electrons. The highest BCUT2D eigenvalue weighted by atomic mass is 32.2. The average Bonchev–Trinajstić information content (AvgIpc) is 2.46. The molecule has 0 aliphatic carbocycles. The van der Waals surface area contributed by atoms with E-state index in [9.17, 15) is 4.79 Å². The number of aryl methyl sites for hydroxylation is 1. The molecule has 1 aromatic rings.